The van der Waals surface area contributed by atoms with Crippen LogP contribution >= 0.6 is 0 Å². The van der Waals surface area contributed by atoms with Crippen LogP contribution in [0.1, 0.15) is 38.2 Å². The van der Waals surface area contributed by atoms with Crippen LogP contribution in [0.15, 0.2) is 65.8 Å². The highest BCUT2D eigenvalue weighted by Crippen LogP contribution is 2.30. The topological polar surface area (TPSA) is 80.9 Å². The number of hydrogen-bond acceptors (Lipinski definition) is 4. The van der Waals surface area contributed by atoms with Gasteiger partial charge in [-0.1, -0.05) is 68.0 Å². The highest BCUT2D eigenvalue weighted by atomic mass is 16.3. The highest BCUT2D eigenvalue weighted by molar-refractivity contribution is 5.94. The number of aliphatic hydroxyl groups is 3. The van der Waals surface area contributed by atoms with Crippen molar-refractivity contribution in [3.05, 3.63) is 71.3 Å². The van der Waals surface area contributed by atoms with Crippen LogP contribution in [-0.4, -0.2) is 39.7 Å². The fraction of sp³-hybridized carbons (Fsp3) is 0.333. The quantitative estimate of drug-likeness (QED) is 0.461. The molecule has 0 saturated carbocycles. The van der Waals surface area contributed by atoms with Gasteiger partial charge in [0.05, 0.1) is 19.3 Å². The monoisotopic (exact) mass is 382 g/mol. The molecule has 4 nitrogen and oxygen atoms in total. The largest absolute Gasteiger partial charge is 0.507 e. The number of phenols is 1. The Balaban J connectivity index is 2.25. The Bertz CT molecular complexity index is 864. The van der Waals surface area contributed by atoms with Crippen LogP contribution in [0.2, 0.25) is 0 Å². The Labute approximate surface area is 166 Å². The predicted octanol–water partition coefficient (Wildman–Crippen LogP) is 4.34. The number of hydrogen-bond donors (Lipinski definition) is 4. The molecule has 2 aromatic carbocycles. The van der Waals surface area contributed by atoms with Gasteiger partial charge in [0.25, 0.3) is 0 Å². The van der Waals surface area contributed by atoms with E-state index in [0.29, 0.717) is 24.0 Å². The molecule has 150 valence electrons. The van der Waals surface area contributed by atoms with Crippen LogP contribution in [-0.2, 0) is 0 Å². The van der Waals surface area contributed by atoms with E-state index in [4.69, 9.17) is 5.11 Å². The van der Waals surface area contributed by atoms with Gasteiger partial charge in [-0.15, -0.1) is 0 Å². The second-order valence-electron chi connectivity index (χ2n) is 6.93. The summed E-state index contributed by atoms with van der Waals surface area (Å²) in [5, 5.41) is 40.9. The number of fused-ring (bicyclic) bond motifs is 1. The summed E-state index contributed by atoms with van der Waals surface area (Å²) in [4.78, 5) is 0. The second kappa shape index (κ2) is 10.8. The molecule has 2 rings (SSSR count). The first-order valence-electron chi connectivity index (χ1n) is 9.69. The first-order valence-corrected chi connectivity index (χ1v) is 9.69. The third-order valence-corrected chi connectivity index (χ3v) is 4.87. The molecule has 0 heterocycles. The third kappa shape index (κ3) is 5.55. The van der Waals surface area contributed by atoms with E-state index in [1.807, 2.05) is 30.3 Å². The second-order valence-corrected chi connectivity index (χ2v) is 6.93. The number of aromatic hydroxyl groups is 1. The summed E-state index contributed by atoms with van der Waals surface area (Å²) in [7, 11) is 0. The summed E-state index contributed by atoms with van der Waals surface area (Å²) in [6.45, 7) is 5.42. The molecule has 0 spiro atoms. The number of aliphatic hydroxyl groups excluding tert-OH is 3. The minimum atomic E-state index is -0.788. The zero-order valence-corrected chi connectivity index (χ0v) is 16.4. The Hall–Kier alpha value is -2.40. The standard InChI is InChI=1S/C24H30O4/c1-3-6-18(9-11-23(27)20(13-14-25)17(2)16-26)15-19-10-12-24(28)22-8-5-4-7-21(19)22/h4-5,7-8,10,12-13,15,23,25-28H,2-3,6,9,11,14,16H2,1H3/b18-15+,20-13-. The summed E-state index contributed by atoms with van der Waals surface area (Å²) in [6.07, 6.45) is 5.90. The van der Waals surface area contributed by atoms with Crippen molar-refractivity contribution < 1.29 is 20.4 Å². The minimum Gasteiger partial charge on any atom is -0.507 e. The molecular weight excluding hydrogens is 352 g/mol. The van der Waals surface area contributed by atoms with Crippen molar-refractivity contribution >= 4 is 16.8 Å². The molecular formula is C24H30O4. The molecule has 0 aliphatic rings. The molecule has 0 radical (unpaired) electrons. The first-order chi connectivity index (χ1) is 13.5. The zero-order chi connectivity index (χ0) is 20.5. The van der Waals surface area contributed by atoms with Crippen LogP contribution in [0.5, 0.6) is 5.75 Å². The maximum Gasteiger partial charge on any atom is 0.123 e. The van der Waals surface area contributed by atoms with E-state index in [1.165, 1.54) is 11.6 Å². The summed E-state index contributed by atoms with van der Waals surface area (Å²) in [6, 6.07) is 11.4. The number of allylic oxidation sites excluding steroid dienone is 1. The van der Waals surface area contributed by atoms with Crippen LogP contribution in [0.25, 0.3) is 16.8 Å². The Morgan fingerprint density at radius 1 is 1.07 bits per heavy atom. The summed E-state index contributed by atoms with van der Waals surface area (Å²) < 4.78 is 0. The minimum absolute atomic E-state index is 0.206. The van der Waals surface area contributed by atoms with E-state index < -0.39 is 6.10 Å². The van der Waals surface area contributed by atoms with Crippen molar-refractivity contribution in [1.29, 1.82) is 0 Å². The Morgan fingerprint density at radius 3 is 2.43 bits per heavy atom. The fourth-order valence-corrected chi connectivity index (χ4v) is 3.43. The normalized spacial score (nSPS) is 13.7. The molecule has 0 fully saturated rings. The van der Waals surface area contributed by atoms with Crippen LogP contribution < -0.4 is 0 Å². The van der Waals surface area contributed by atoms with Gasteiger partial charge in [-0.3, -0.25) is 0 Å². The van der Waals surface area contributed by atoms with Gasteiger partial charge in [0.2, 0.25) is 0 Å². The van der Waals surface area contributed by atoms with Crippen molar-refractivity contribution in [2.24, 2.45) is 0 Å². The molecule has 4 N–H and O–H groups in total. The van der Waals surface area contributed by atoms with Gasteiger partial charge in [-0.2, -0.15) is 0 Å². The summed E-state index contributed by atoms with van der Waals surface area (Å²) in [5.74, 6) is 0.265. The van der Waals surface area contributed by atoms with Crippen molar-refractivity contribution in [3.8, 4) is 5.75 Å². The van der Waals surface area contributed by atoms with Gasteiger partial charge < -0.3 is 20.4 Å². The zero-order valence-electron chi connectivity index (χ0n) is 16.4. The molecule has 0 aliphatic heterocycles. The molecule has 1 unspecified atom stereocenters. The predicted molar refractivity (Wildman–Crippen MR) is 115 cm³/mol. The van der Waals surface area contributed by atoms with E-state index in [0.717, 1.165) is 29.2 Å². The number of phenolic OH excluding ortho intramolecular Hbond substituents is 1. The van der Waals surface area contributed by atoms with Gasteiger partial charge in [-0.25, -0.2) is 0 Å². The average molecular weight is 383 g/mol. The summed E-state index contributed by atoms with van der Waals surface area (Å²) >= 11 is 0. The van der Waals surface area contributed by atoms with Gasteiger partial charge >= 0.3 is 0 Å². The number of benzene rings is 2. The maximum atomic E-state index is 10.5. The van der Waals surface area contributed by atoms with Crippen molar-refractivity contribution in [2.75, 3.05) is 13.2 Å². The van der Waals surface area contributed by atoms with Gasteiger partial charge in [0, 0.05) is 5.39 Å². The maximum absolute atomic E-state index is 10.5. The average Bonchev–Trinajstić information content (AvgIpc) is 2.71. The summed E-state index contributed by atoms with van der Waals surface area (Å²) in [5.41, 5.74) is 3.16. The van der Waals surface area contributed by atoms with Crippen LogP contribution in [0.4, 0.5) is 0 Å². The number of rotatable bonds is 10. The van der Waals surface area contributed by atoms with Crippen molar-refractivity contribution in [2.45, 2.75) is 38.7 Å². The first kappa shape index (κ1) is 21.9. The van der Waals surface area contributed by atoms with E-state index in [1.54, 1.807) is 6.07 Å². The van der Waals surface area contributed by atoms with E-state index in [2.05, 4.69) is 19.6 Å². The molecule has 0 bridgehead atoms. The SMILES string of the molecule is C=C(CO)/C(=C/CO)C(O)CC/C(=C/c1ccc(O)c2ccccc12)CCC. The van der Waals surface area contributed by atoms with Gasteiger partial charge in [-0.05, 0) is 47.4 Å². The van der Waals surface area contributed by atoms with E-state index >= 15 is 0 Å². The lowest BCUT2D eigenvalue weighted by Crippen LogP contribution is -2.14. The fourth-order valence-electron chi connectivity index (χ4n) is 3.43. The van der Waals surface area contributed by atoms with E-state index in [9.17, 15) is 15.3 Å². The molecule has 0 aromatic heterocycles. The van der Waals surface area contributed by atoms with Crippen molar-refractivity contribution in [1.82, 2.24) is 0 Å². The van der Waals surface area contributed by atoms with Gasteiger partial charge in [0.1, 0.15) is 5.75 Å². The Morgan fingerprint density at radius 2 is 1.79 bits per heavy atom. The lowest BCUT2D eigenvalue weighted by Gasteiger charge is -2.17. The molecule has 0 amide bonds. The smallest absolute Gasteiger partial charge is 0.123 e. The molecule has 1 atom stereocenters. The molecule has 2 aromatic rings. The molecule has 28 heavy (non-hydrogen) atoms. The lowest BCUT2D eigenvalue weighted by molar-refractivity contribution is 0.197. The van der Waals surface area contributed by atoms with E-state index in [-0.39, 0.29) is 19.0 Å². The van der Waals surface area contributed by atoms with Crippen molar-refractivity contribution in [3.63, 3.8) is 0 Å². The lowest BCUT2D eigenvalue weighted by atomic mass is 9.93. The third-order valence-electron chi connectivity index (χ3n) is 4.87. The molecule has 0 saturated heterocycles. The molecule has 4 heteroatoms. The Kier molecular flexibility index (Phi) is 8.45. The molecule has 0 aliphatic carbocycles. The van der Waals surface area contributed by atoms with Crippen LogP contribution in [0.3, 0.4) is 0 Å². The highest BCUT2D eigenvalue weighted by Gasteiger charge is 2.14. The van der Waals surface area contributed by atoms with Crippen LogP contribution in [0, 0.1) is 0 Å². The van der Waals surface area contributed by atoms with Gasteiger partial charge in [0.15, 0.2) is 0 Å².